The molecule has 5 nitrogen and oxygen atoms in total. The van der Waals surface area contributed by atoms with E-state index in [0.717, 1.165) is 5.56 Å². The highest BCUT2D eigenvalue weighted by Crippen LogP contribution is 2.15. The normalized spacial score (nSPS) is 10.9. The third kappa shape index (κ3) is 1.78. The number of benzene rings is 1. The van der Waals surface area contributed by atoms with E-state index in [0.29, 0.717) is 17.7 Å². The fourth-order valence-corrected chi connectivity index (χ4v) is 2.03. The Morgan fingerprint density at radius 2 is 2.00 bits per heavy atom. The Bertz CT molecular complexity index is 748. The van der Waals surface area contributed by atoms with Gasteiger partial charge in [0.1, 0.15) is 11.8 Å². The van der Waals surface area contributed by atoms with Crippen LogP contribution in [0.25, 0.3) is 11.2 Å². The number of nitrogens with zero attached hydrogens (tertiary/aromatic N) is 3. The summed E-state index contributed by atoms with van der Waals surface area (Å²) in [4.78, 5) is 22.5. The molecule has 3 aromatic rings. The summed E-state index contributed by atoms with van der Waals surface area (Å²) < 4.78 is 1.54. The van der Waals surface area contributed by atoms with E-state index >= 15 is 0 Å². The highest BCUT2D eigenvalue weighted by atomic mass is 35.5. The summed E-state index contributed by atoms with van der Waals surface area (Å²) in [6, 6.07) is 9.69. The maximum Gasteiger partial charge on any atom is 0.328 e. The Kier molecular flexibility index (Phi) is 2.60. The van der Waals surface area contributed by atoms with Crippen molar-refractivity contribution in [3.05, 3.63) is 57.9 Å². The molecule has 6 heteroatoms. The van der Waals surface area contributed by atoms with E-state index < -0.39 is 0 Å². The van der Waals surface area contributed by atoms with Crippen LogP contribution in [0, 0.1) is 0 Å². The van der Waals surface area contributed by atoms with Crippen LogP contribution in [0.4, 0.5) is 0 Å². The molecule has 90 valence electrons. The molecular formula is C12H9ClN4O. The summed E-state index contributed by atoms with van der Waals surface area (Å²) in [5.74, 6) is 0. The van der Waals surface area contributed by atoms with Crippen molar-refractivity contribution in [1.82, 2.24) is 19.5 Å². The molecule has 0 saturated heterocycles. The number of imidazole rings is 1. The monoisotopic (exact) mass is 260 g/mol. The first-order valence-electron chi connectivity index (χ1n) is 5.38. The predicted molar refractivity (Wildman–Crippen MR) is 68.7 cm³/mol. The molecule has 0 bridgehead atoms. The molecule has 0 aliphatic heterocycles. The Balaban J connectivity index is 2.15. The van der Waals surface area contributed by atoms with Crippen LogP contribution in [0.2, 0.25) is 5.15 Å². The maximum atomic E-state index is 11.9. The van der Waals surface area contributed by atoms with Gasteiger partial charge in [-0.3, -0.25) is 4.57 Å². The third-order valence-electron chi connectivity index (χ3n) is 2.70. The van der Waals surface area contributed by atoms with Crippen LogP contribution in [-0.4, -0.2) is 19.5 Å². The summed E-state index contributed by atoms with van der Waals surface area (Å²) in [5, 5.41) is 0.254. The van der Waals surface area contributed by atoms with Crippen molar-refractivity contribution in [2.45, 2.75) is 6.54 Å². The van der Waals surface area contributed by atoms with Crippen molar-refractivity contribution in [1.29, 1.82) is 0 Å². The van der Waals surface area contributed by atoms with Gasteiger partial charge in [0.05, 0.1) is 6.54 Å². The quantitative estimate of drug-likeness (QED) is 0.715. The van der Waals surface area contributed by atoms with Crippen molar-refractivity contribution in [2.75, 3.05) is 0 Å². The van der Waals surface area contributed by atoms with Crippen LogP contribution in [0.3, 0.4) is 0 Å². The summed E-state index contributed by atoms with van der Waals surface area (Å²) in [5.41, 5.74) is 1.77. The van der Waals surface area contributed by atoms with Crippen LogP contribution in [0.1, 0.15) is 5.56 Å². The molecule has 0 amide bonds. The second-order valence-electron chi connectivity index (χ2n) is 3.86. The van der Waals surface area contributed by atoms with Gasteiger partial charge in [-0.2, -0.15) is 0 Å². The molecule has 2 heterocycles. The zero-order chi connectivity index (χ0) is 12.5. The summed E-state index contributed by atoms with van der Waals surface area (Å²) in [7, 11) is 0. The molecule has 0 aliphatic carbocycles. The number of aromatic nitrogens is 4. The molecule has 0 fully saturated rings. The second-order valence-corrected chi connectivity index (χ2v) is 4.22. The smallest absolute Gasteiger partial charge is 0.302 e. The molecule has 0 unspecified atom stereocenters. The van der Waals surface area contributed by atoms with Gasteiger partial charge in [0, 0.05) is 0 Å². The first kappa shape index (κ1) is 11.0. The molecule has 0 spiro atoms. The molecule has 0 saturated carbocycles. The zero-order valence-corrected chi connectivity index (χ0v) is 10.1. The first-order valence-corrected chi connectivity index (χ1v) is 5.76. The van der Waals surface area contributed by atoms with Gasteiger partial charge < -0.3 is 4.98 Å². The van der Waals surface area contributed by atoms with Crippen molar-refractivity contribution in [3.63, 3.8) is 0 Å². The number of hydrogen-bond acceptors (Lipinski definition) is 3. The van der Waals surface area contributed by atoms with E-state index in [1.807, 2.05) is 30.3 Å². The lowest BCUT2D eigenvalue weighted by molar-refractivity contribution is 0.777. The minimum atomic E-state index is -0.240. The van der Waals surface area contributed by atoms with E-state index in [1.54, 1.807) is 0 Å². The molecule has 0 radical (unpaired) electrons. The molecule has 0 aliphatic rings. The zero-order valence-electron chi connectivity index (χ0n) is 9.30. The minimum absolute atomic E-state index is 0.240. The highest BCUT2D eigenvalue weighted by Gasteiger charge is 2.11. The highest BCUT2D eigenvalue weighted by molar-refractivity contribution is 6.33. The van der Waals surface area contributed by atoms with Gasteiger partial charge in [0.2, 0.25) is 0 Å². The van der Waals surface area contributed by atoms with Gasteiger partial charge in [-0.05, 0) is 5.56 Å². The summed E-state index contributed by atoms with van der Waals surface area (Å²) >= 11 is 5.91. The Morgan fingerprint density at radius 3 is 2.78 bits per heavy atom. The van der Waals surface area contributed by atoms with E-state index in [4.69, 9.17) is 11.6 Å². The van der Waals surface area contributed by atoms with Crippen molar-refractivity contribution < 1.29 is 0 Å². The largest absolute Gasteiger partial charge is 0.328 e. The molecule has 1 aromatic carbocycles. The Morgan fingerprint density at radius 1 is 1.22 bits per heavy atom. The third-order valence-corrected chi connectivity index (χ3v) is 2.98. The van der Waals surface area contributed by atoms with Crippen molar-refractivity contribution in [3.8, 4) is 0 Å². The fourth-order valence-electron chi connectivity index (χ4n) is 1.85. The van der Waals surface area contributed by atoms with E-state index in [1.165, 1.54) is 10.9 Å². The van der Waals surface area contributed by atoms with Gasteiger partial charge >= 0.3 is 5.69 Å². The SMILES string of the molecule is O=c1[nH]c2c(Cl)ncnc2n1Cc1ccccc1. The Labute approximate surface area is 107 Å². The number of hydrogen-bond donors (Lipinski definition) is 1. The van der Waals surface area contributed by atoms with Gasteiger partial charge in [0.25, 0.3) is 0 Å². The van der Waals surface area contributed by atoms with E-state index in [9.17, 15) is 4.79 Å². The molecule has 1 N–H and O–H groups in total. The number of rotatable bonds is 2. The minimum Gasteiger partial charge on any atom is -0.302 e. The average molecular weight is 261 g/mol. The molecule has 2 aromatic heterocycles. The number of halogens is 1. The van der Waals surface area contributed by atoms with Gasteiger partial charge in [-0.25, -0.2) is 14.8 Å². The topological polar surface area (TPSA) is 63.6 Å². The number of H-pyrrole nitrogens is 1. The van der Waals surface area contributed by atoms with E-state index in [2.05, 4.69) is 15.0 Å². The molecule has 18 heavy (non-hydrogen) atoms. The fraction of sp³-hybridized carbons (Fsp3) is 0.0833. The van der Waals surface area contributed by atoms with Crippen LogP contribution in [0.5, 0.6) is 0 Å². The lowest BCUT2D eigenvalue weighted by atomic mass is 10.2. The lowest BCUT2D eigenvalue weighted by Gasteiger charge is -2.02. The molecule has 0 atom stereocenters. The lowest BCUT2D eigenvalue weighted by Crippen LogP contribution is -2.17. The molecular weight excluding hydrogens is 252 g/mol. The Hall–Kier alpha value is -2.14. The van der Waals surface area contributed by atoms with Crippen LogP contribution in [0.15, 0.2) is 41.5 Å². The average Bonchev–Trinajstić information content (AvgIpc) is 2.70. The van der Waals surface area contributed by atoms with Crippen LogP contribution in [-0.2, 0) is 6.54 Å². The van der Waals surface area contributed by atoms with Crippen molar-refractivity contribution in [2.24, 2.45) is 0 Å². The van der Waals surface area contributed by atoms with Gasteiger partial charge in [-0.15, -0.1) is 0 Å². The number of nitrogens with one attached hydrogen (secondary N) is 1. The van der Waals surface area contributed by atoms with Crippen molar-refractivity contribution >= 4 is 22.8 Å². The number of fused-ring (bicyclic) bond motifs is 1. The van der Waals surface area contributed by atoms with Gasteiger partial charge in [0.15, 0.2) is 10.8 Å². The van der Waals surface area contributed by atoms with Crippen LogP contribution >= 0.6 is 11.6 Å². The first-order chi connectivity index (χ1) is 8.75. The molecule has 3 rings (SSSR count). The summed E-state index contributed by atoms with van der Waals surface area (Å²) in [6.07, 6.45) is 1.35. The van der Waals surface area contributed by atoms with Gasteiger partial charge in [-0.1, -0.05) is 41.9 Å². The standard InChI is InChI=1S/C12H9ClN4O/c13-10-9-11(15-7-14-10)17(12(18)16-9)6-8-4-2-1-3-5-8/h1-5,7H,6H2,(H,16,18). The van der Waals surface area contributed by atoms with E-state index in [-0.39, 0.29) is 10.8 Å². The maximum absolute atomic E-state index is 11.9. The summed E-state index contributed by atoms with van der Waals surface area (Å²) in [6.45, 7) is 0.451. The predicted octanol–water partition coefficient (Wildman–Crippen LogP) is 1.82. The second kappa shape index (κ2) is 4.27. The number of aromatic amines is 1. The van der Waals surface area contributed by atoms with Crippen LogP contribution < -0.4 is 5.69 Å².